The molecule has 0 saturated carbocycles. The number of carbonyl (C=O) groups is 1. The molecule has 0 atom stereocenters. The van der Waals surface area contributed by atoms with Crippen LogP contribution in [0, 0.1) is 15.9 Å². The molecule has 2 aromatic carbocycles. The maximum absolute atomic E-state index is 13.6. The second-order valence-electron chi connectivity index (χ2n) is 4.76. The fraction of sp³-hybridized carbons (Fsp3) is 0.0625. The van der Waals surface area contributed by atoms with Crippen LogP contribution < -0.4 is 0 Å². The predicted molar refractivity (Wildman–Crippen MR) is 84.0 cm³/mol. The van der Waals surface area contributed by atoms with Gasteiger partial charge < -0.3 is 4.74 Å². The second kappa shape index (κ2) is 6.13. The van der Waals surface area contributed by atoms with E-state index in [2.05, 4.69) is 0 Å². The molecule has 0 aliphatic heterocycles. The van der Waals surface area contributed by atoms with Crippen LogP contribution in [0.5, 0.6) is 0 Å². The summed E-state index contributed by atoms with van der Waals surface area (Å²) < 4.78 is 19.5. The van der Waals surface area contributed by atoms with Crippen molar-refractivity contribution in [3.05, 3.63) is 74.9 Å². The van der Waals surface area contributed by atoms with E-state index in [9.17, 15) is 19.3 Å². The minimum Gasteiger partial charge on any atom is -0.457 e. The molecule has 0 saturated heterocycles. The first-order valence-electron chi connectivity index (χ1n) is 6.63. The van der Waals surface area contributed by atoms with Crippen molar-refractivity contribution in [1.29, 1.82) is 0 Å². The van der Waals surface area contributed by atoms with Crippen molar-refractivity contribution in [2.75, 3.05) is 0 Å². The Morgan fingerprint density at radius 2 is 1.96 bits per heavy atom. The number of ether oxygens (including phenoxy) is 1. The standard InChI is InChI=1S/C16H10FNO4S/c17-13-2-1-3-14-12(13)8-15(23-14)16(19)22-9-10-4-6-11(7-5-10)18(20)21/h1-8H,9H2. The van der Waals surface area contributed by atoms with Crippen LogP contribution in [0.15, 0.2) is 48.5 Å². The van der Waals surface area contributed by atoms with Gasteiger partial charge in [0.15, 0.2) is 0 Å². The Morgan fingerprint density at radius 1 is 1.22 bits per heavy atom. The van der Waals surface area contributed by atoms with Crippen LogP contribution in [0.25, 0.3) is 10.1 Å². The topological polar surface area (TPSA) is 69.4 Å². The molecule has 0 bridgehead atoms. The van der Waals surface area contributed by atoms with E-state index in [-0.39, 0.29) is 18.1 Å². The number of non-ortho nitro benzene ring substituents is 1. The Kier molecular flexibility index (Phi) is 4.03. The maximum Gasteiger partial charge on any atom is 0.348 e. The van der Waals surface area contributed by atoms with Gasteiger partial charge in [0.25, 0.3) is 5.69 Å². The molecule has 1 heterocycles. The molecule has 0 amide bonds. The van der Waals surface area contributed by atoms with Crippen LogP contribution >= 0.6 is 11.3 Å². The number of hydrogen-bond acceptors (Lipinski definition) is 5. The van der Waals surface area contributed by atoms with Crippen LogP contribution in [-0.4, -0.2) is 10.9 Å². The number of esters is 1. The van der Waals surface area contributed by atoms with Crippen molar-refractivity contribution in [2.24, 2.45) is 0 Å². The van der Waals surface area contributed by atoms with E-state index in [1.165, 1.54) is 36.4 Å². The van der Waals surface area contributed by atoms with Gasteiger partial charge in [-0.2, -0.15) is 0 Å². The Morgan fingerprint density at radius 3 is 2.61 bits per heavy atom. The van der Waals surface area contributed by atoms with Crippen LogP contribution in [0.4, 0.5) is 10.1 Å². The number of rotatable bonds is 4. The zero-order valence-electron chi connectivity index (χ0n) is 11.7. The zero-order valence-corrected chi connectivity index (χ0v) is 12.5. The number of nitro benzene ring substituents is 1. The van der Waals surface area contributed by atoms with Gasteiger partial charge in [-0.05, 0) is 35.9 Å². The molecular weight excluding hydrogens is 321 g/mol. The molecule has 0 unspecified atom stereocenters. The highest BCUT2D eigenvalue weighted by molar-refractivity contribution is 7.20. The predicted octanol–water partition coefficient (Wildman–Crippen LogP) is 4.31. The fourth-order valence-corrected chi connectivity index (χ4v) is 3.03. The molecule has 3 rings (SSSR count). The fourth-order valence-electron chi connectivity index (χ4n) is 2.06. The third-order valence-corrected chi connectivity index (χ3v) is 4.31. The molecule has 0 N–H and O–H groups in total. The highest BCUT2D eigenvalue weighted by Crippen LogP contribution is 2.28. The van der Waals surface area contributed by atoms with E-state index in [0.29, 0.717) is 20.5 Å². The number of hydrogen-bond donors (Lipinski definition) is 0. The number of benzene rings is 2. The number of carbonyl (C=O) groups excluding carboxylic acids is 1. The summed E-state index contributed by atoms with van der Waals surface area (Å²) in [7, 11) is 0. The lowest BCUT2D eigenvalue weighted by atomic mass is 10.2. The second-order valence-corrected chi connectivity index (χ2v) is 5.85. The molecule has 3 aromatic rings. The number of thiophene rings is 1. The largest absolute Gasteiger partial charge is 0.457 e. The van der Waals surface area contributed by atoms with Gasteiger partial charge in [0.2, 0.25) is 0 Å². The molecule has 1 aromatic heterocycles. The monoisotopic (exact) mass is 331 g/mol. The molecular formula is C16H10FNO4S. The van der Waals surface area contributed by atoms with Crippen LogP contribution in [0.3, 0.4) is 0 Å². The number of halogens is 1. The minimum atomic E-state index is -0.552. The van der Waals surface area contributed by atoms with Crippen molar-refractivity contribution in [3.63, 3.8) is 0 Å². The van der Waals surface area contributed by atoms with Crippen molar-refractivity contribution in [1.82, 2.24) is 0 Å². The smallest absolute Gasteiger partial charge is 0.348 e. The molecule has 7 heteroatoms. The molecule has 116 valence electrons. The van der Waals surface area contributed by atoms with Crippen molar-refractivity contribution < 1.29 is 18.8 Å². The molecule has 0 spiro atoms. The van der Waals surface area contributed by atoms with Gasteiger partial charge in [0, 0.05) is 22.2 Å². The van der Waals surface area contributed by atoms with Gasteiger partial charge in [0.05, 0.1) is 4.92 Å². The lowest BCUT2D eigenvalue weighted by Crippen LogP contribution is -2.03. The summed E-state index contributed by atoms with van der Waals surface area (Å²) >= 11 is 1.16. The van der Waals surface area contributed by atoms with Crippen LogP contribution in [-0.2, 0) is 11.3 Å². The van der Waals surface area contributed by atoms with E-state index in [4.69, 9.17) is 4.74 Å². The minimum absolute atomic E-state index is 0.00639. The average molecular weight is 331 g/mol. The highest BCUT2D eigenvalue weighted by atomic mass is 32.1. The maximum atomic E-state index is 13.6. The van der Waals surface area contributed by atoms with Gasteiger partial charge in [-0.25, -0.2) is 9.18 Å². The van der Waals surface area contributed by atoms with Crippen molar-refractivity contribution in [2.45, 2.75) is 6.61 Å². The summed E-state index contributed by atoms with van der Waals surface area (Å²) in [5.74, 6) is -0.933. The normalized spacial score (nSPS) is 10.7. The molecule has 0 radical (unpaired) electrons. The van der Waals surface area contributed by atoms with E-state index in [0.717, 1.165) is 11.3 Å². The first-order valence-corrected chi connectivity index (χ1v) is 7.45. The van der Waals surface area contributed by atoms with E-state index < -0.39 is 10.9 Å². The molecule has 5 nitrogen and oxygen atoms in total. The lowest BCUT2D eigenvalue weighted by Gasteiger charge is -2.03. The number of fused-ring (bicyclic) bond motifs is 1. The summed E-state index contributed by atoms with van der Waals surface area (Å²) in [6, 6.07) is 11.9. The molecule has 0 fully saturated rings. The zero-order chi connectivity index (χ0) is 16.4. The van der Waals surface area contributed by atoms with Crippen LogP contribution in [0.2, 0.25) is 0 Å². The Hall–Kier alpha value is -2.80. The van der Waals surface area contributed by atoms with Gasteiger partial charge in [0.1, 0.15) is 17.3 Å². The van der Waals surface area contributed by atoms with Crippen LogP contribution in [0.1, 0.15) is 15.2 Å². The third-order valence-electron chi connectivity index (χ3n) is 3.23. The van der Waals surface area contributed by atoms with Crippen molar-refractivity contribution >= 4 is 33.1 Å². The van der Waals surface area contributed by atoms with E-state index in [1.54, 1.807) is 12.1 Å². The summed E-state index contributed by atoms with van der Waals surface area (Å²) in [4.78, 5) is 22.4. The lowest BCUT2D eigenvalue weighted by molar-refractivity contribution is -0.384. The Labute approximate surface area is 134 Å². The summed E-state index contributed by atoms with van der Waals surface area (Å²) in [5.41, 5.74) is 0.608. The summed E-state index contributed by atoms with van der Waals surface area (Å²) in [6.45, 7) is -0.00639. The Balaban J connectivity index is 1.70. The highest BCUT2D eigenvalue weighted by Gasteiger charge is 2.14. The molecule has 0 aliphatic carbocycles. The van der Waals surface area contributed by atoms with Gasteiger partial charge in [-0.1, -0.05) is 6.07 Å². The quantitative estimate of drug-likeness (QED) is 0.406. The van der Waals surface area contributed by atoms with Crippen molar-refractivity contribution in [3.8, 4) is 0 Å². The number of nitro groups is 1. The van der Waals surface area contributed by atoms with E-state index >= 15 is 0 Å². The first kappa shape index (κ1) is 15.1. The third kappa shape index (κ3) is 3.19. The average Bonchev–Trinajstić information content (AvgIpc) is 2.99. The molecule has 23 heavy (non-hydrogen) atoms. The number of nitrogens with zero attached hydrogens (tertiary/aromatic N) is 1. The summed E-state index contributed by atoms with van der Waals surface area (Å²) in [6.07, 6.45) is 0. The van der Waals surface area contributed by atoms with Gasteiger partial charge >= 0.3 is 5.97 Å². The SMILES string of the molecule is O=C(OCc1ccc([N+](=O)[O-])cc1)c1cc2c(F)cccc2s1. The van der Waals surface area contributed by atoms with E-state index in [1.807, 2.05) is 0 Å². The van der Waals surface area contributed by atoms with Gasteiger partial charge in [-0.15, -0.1) is 11.3 Å². The molecule has 0 aliphatic rings. The van der Waals surface area contributed by atoms with Gasteiger partial charge in [-0.3, -0.25) is 10.1 Å². The first-order chi connectivity index (χ1) is 11.0. The summed E-state index contributed by atoms with van der Waals surface area (Å²) in [5, 5.41) is 11.0. The Bertz CT molecular complexity index is 889.